The van der Waals surface area contributed by atoms with E-state index in [2.05, 4.69) is 20.1 Å². The molecule has 0 bridgehead atoms. The summed E-state index contributed by atoms with van der Waals surface area (Å²) in [6.07, 6.45) is 0. The molecule has 142 valence electrons. The number of nitrogens with zero attached hydrogens (tertiary/aromatic N) is 3. The molecule has 6 heteroatoms. The minimum absolute atomic E-state index is 0.510. The topological polar surface area (TPSA) is 76.8 Å². The zero-order valence-electron chi connectivity index (χ0n) is 16.0. The standard InChI is InChI=1S/C23H18N4O2/c1-14-3-5-17(6-4-14)23-26-22(27-29-23)16-9-7-15(8-10-16)21-24-19-12-11-18(28-2)13-20(19)25-21/h3-13H,1-2H3,(H,24,25). The Labute approximate surface area is 167 Å². The van der Waals surface area contributed by atoms with Gasteiger partial charge in [0.15, 0.2) is 0 Å². The highest BCUT2D eigenvalue weighted by Gasteiger charge is 2.12. The molecule has 0 unspecified atom stereocenters. The largest absolute Gasteiger partial charge is 0.497 e. The average Bonchev–Trinajstić information content (AvgIpc) is 3.41. The van der Waals surface area contributed by atoms with Crippen molar-refractivity contribution in [1.82, 2.24) is 20.1 Å². The van der Waals surface area contributed by atoms with Crippen molar-refractivity contribution >= 4 is 11.0 Å². The smallest absolute Gasteiger partial charge is 0.258 e. The quantitative estimate of drug-likeness (QED) is 0.458. The summed E-state index contributed by atoms with van der Waals surface area (Å²) in [5.41, 5.74) is 5.78. The fourth-order valence-electron chi connectivity index (χ4n) is 3.18. The van der Waals surface area contributed by atoms with Crippen molar-refractivity contribution in [2.45, 2.75) is 6.92 Å². The summed E-state index contributed by atoms with van der Waals surface area (Å²) >= 11 is 0. The van der Waals surface area contributed by atoms with Crippen LogP contribution in [0, 0.1) is 6.92 Å². The lowest BCUT2D eigenvalue weighted by molar-refractivity contribution is 0.415. The Morgan fingerprint density at radius 1 is 0.828 bits per heavy atom. The van der Waals surface area contributed by atoms with Crippen molar-refractivity contribution in [3.63, 3.8) is 0 Å². The Balaban J connectivity index is 1.42. The summed E-state index contributed by atoms with van der Waals surface area (Å²) in [5.74, 6) is 2.66. The fraction of sp³-hybridized carbons (Fsp3) is 0.0870. The molecule has 0 saturated heterocycles. The van der Waals surface area contributed by atoms with E-state index in [4.69, 9.17) is 9.26 Å². The number of rotatable bonds is 4. The lowest BCUT2D eigenvalue weighted by Crippen LogP contribution is -1.84. The molecule has 0 radical (unpaired) electrons. The van der Waals surface area contributed by atoms with Crippen LogP contribution < -0.4 is 4.74 Å². The first kappa shape index (κ1) is 17.2. The third-order valence-electron chi connectivity index (χ3n) is 4.83. The molecule has 5 aromatic rings. The molecular formula is C23H18N4O2. The van der Waals surface area contributed by atoms with Crippen molar-refractivity contribution in [2.75, 3.05) is 7.11 Å². The van der Waals surface area contributed by atoms with E-state index in [1.54, 1.807) is 7.11 Å². The number of H-pyrrole nitrogens is 1. The van der Waals surface area contributed by atoms with Crippen LogP contribution >= 0.6 is 0 Å². The Bertz CT molecular complexity index is 1280. The van der Waals surface area contributed by atoms with E-state index in [0.29, 0.717) is 11.7 Å². The van der Waals surface area contributed by atoms with Gasteiger partial charge >= 0.3 is 0 Å². The maximum absolute atomic E-state index is 5.43. The Kier molecular flexibility index (Phi) is 4.09. The summed E-state index contributed by atoms with van der Waals surface area (Å²) in [7, 11) is 1.65. The van der Waals surface area contributed by atoms with Crippen LogP contribution in [0.2, 0.25) is 0 Å². The highest BCUT2D eigenvalue weighted by molar-refractivity contribution is 5.81. The van der Waals surface area contributed by atoms with Gasteiger partial charge in [0.05, 0.1) is 18.1 Å². The number of methoxy groups -OCH3 is 1. The molecule has 0 atom stereocenters. The number of benzene rings is 3. The monoisotopic (exact) mass is 382 g/mol. The van der Waals surface area contributed by atoms with Crippen LogP contribution in [-0.2, 0) is 0 Å². The van der Waals surface area contributed by atoms with Crippen LogP contribution in [0.15, 0.2) is 71.3 Å². The number of nitrogens with one attached hydrogen (secondary N) is 1. The van der Waals surface area contributed by atoms with E-state index < -0.39 is 0 Å². The number of aromatic amines is 1. The Morgan fingerprint density at radius 2 is 1.55 bits per heavy atom. The van der Waals surface area contributed by atoms with Gasteiger partial charge in [0, 0.05) is 22.8 Å². The number of aryl methyl sites for hydroxylation is 1. The van der Waals surface area contributed by atoms with E-state index in [1.807, 2.05) is 73.7 Å². The Morgan fingerprint density at radius 3 is 2.31 bits per heavy atom. The molecule has 1 N–H and O–H groups in total. The van der Waals surface area contributed by atoms with E-state index in [9.17, 15) is 0 Å². The molecule has 5 rings (SSSR count). The van der Waals surface area contributed by atoms with Crippen LogP contribution in [0.25, 0.3) is 45.3 Å². The lowest BCUT2D eigenvalue weighted by atomic mass is 10.1. The lowest BCUT2D eigenvalue weighted by Gasteiger charge is -1.98. The number of aromatic nitrogens is 4. The molecule has 0 fully saturated rings. The summed E-state index contributed by atoms with van der Waals surface area (Å²) in [6, 6.07) is 21.7. The predicted octanol–water partition coefficient (Wildman–Crippen LogP) is 5.26. The number of hydrogen-bond donors (Lipinski definition) is 1. The molecule has 0 aliphatic heterocycles. The van der Waals surface area contributed by atoms with Gasteiger partial charge in [0.25, 0.3) is 5.89 Å². The molecule has 2 heterocycles. The van der Waals surface area contributed by atoms with Gasteiger partial charge in [-0.1, -0.05) is 47.1 Å². The normalized spacial score (nSPS) is 11.1. The molecular weight excluding hydrogens is 364 g/mol. The van der Waals surface area contributed by atoms with Crippen molar-refractivity contribution in [1.29, 1.82) is 0 Å². The third kappa shape index (κ3) is 3.25. The minimum Gasteiger partial charge on any atom is -0.497 e. The summed E-state index contributed by atoms with van der Waals surface area (Å²) < 4.78 is 10.7. The van der Waals surface area contributed by atoms with Crippen molar-refractivity contribution in [2.24, 2.45) is 0 Å². The van der Waals surface area contributed by atoms with E-state index >= 15 is 0 Å². The van der Waals surface area contributed by atoms with Crippen LogP contribution in [0.1, 0.15) is 5.56 Å². The number of hydrogen-bond acceptors (Lipinski definition) is 5. The molecule has 0 aliphatic rings. The second kappa shape index (κ2) is 6.91. The number of imidazole rings is 1. The fourth-order valence-corrected chi connectivity index (χ4v) is 3.18. The predicted molar refractivity (Wildman–Crippen MR) is 112 cm³/mol. The second-order valence-corrected chi connectivity index (χ2v) is 6.84. The summed E-state index contributed by atoms with van der Waals surface area (Å²) in [4.78, 5) is 12.5. The molecule has 0 spiro atoms. The number of fused-ring (bicyclic) bond motifs is 1. The molecule has 0 aliphatic carbocycles. The minimum atomic E-state index is 0.510. The Hall–Kier alpha value is -3.93. The van der Waals surface area contributed by atoms with Gasteiger partial charge in [-0.15, -0.1) is 0 Å². The molecule has 0 amide bonds. The second-order valence-electron chi connectivity index (χ2n) is 6.84. The molecule has 3 aromatic carbocycles. The van der Waals surface area contributed by atoms with Crippen molar-refractivity contribution in [3.05, 3.63) is 72.3 Å². The van der Waals surface area contributed by atoms with Gasteiger partial charge in [-0.2, -0.15) is 4.98 Å². The van der Waals surface area contributed by atoms with Crippen LogP contribution in [0.5, 0.6) is 5.75 Å². The van der Waals surface area contributed by atoms with Gasteiger partial charge in [0.2, 0.25) is 5.82 Å². The first-order valence-electron chi connectivity index (χ1n) is 9.25. The molecule has 29 heavy (non-hydrogen) atoms. The van der Waals surface area contributed by atoms with Crippen LogP contribution in [0.4, 0.5) is 0 Å². The van der Waals surface area contributed by atoms with Crippen LogP contribution in [-0.4, -0.2) is 27.2 Å². The first-order valence-corrected chi connectivity index (χ1v) is 9.25. The highest BCUT2D eigenvalue weighted by atomic mass is 16.5. The van der Waals surface area contributed by atoms with E-state index in [1.165, 1.54) is 5.56 Å². The van der Waals surface area contributed by atoms with Gasteiger partial charge in [-0.05, 0) is 31.2 Å². The summed E-state index contributed by atoms with van der Waals surface area (Å²) in [6.45, 7) is 2.04. The third-order valence-corrected chi connectivity index (χ3v) is 4.83. The van der Waals surface area contributed by atoms with Gasteiger partial charge in [-0.3, -0.25) is 0 Å². The number of ether oxygens (including phenoxy) is 1. The zero-order chi connectivity index (χ0) is 19.8. The van der Waals surface area contributed by atoms with Crippen molar-refractivity contribution < 1.29 is 9.26 Å². The molecule has 2 aromatic heterocycles. The van der Waals surface area contributed by atoms with Crippen LogP contribution in [0.3, 0.4) is 0 Å². The maximum atomic E-state index is 5.43. The zero-order valence-corrected chi connectivity index (χ0v) is 16.0. The molecule has 0 saturated carbocycles. The highest BCUT2D eigenvalue weighted by Crippen LogP contribution is 2.27. The maximum Gasteiger partial charge on any atom is 0.258 e. The van der Waals surface area contributed by atoms with Crippen molar-refractivity contribution in [3.8, 4) is 40.0 Å². The summed E-state index contributed by atoms with van der Waals surface area (Å²) in [5, 5.41) is 4.12. The first-order chi connectivity index (χ1) is 14.2. The van der Waals surface area contributed by atoms with E-state index in [0.717, 1.165) is 39.3 Å². The van der Waals surface area contributed by atoms with Gasteiger partial charge < -0.3 is 14.2 Å². The average molecular weight is 382 g/mol. The van der Waals surface area contributed by atoms with E-state index in [-0.39, 0.29) is 0 Å². The van der Waals surface area contributed by atoms with Gasteiger partial charge in [0.1, 0.15) is 11.6 Å². The SMILES string of the molecule is COc1ccc2nc(-c3ccc(-c4noc(-c5ccc(C)cc5)n4)cc3)[nH]c2c1. The molecule has 6 nitrogen and oxygen atoms in total. The van der Waals surface area contributed by atoms with Gasteiger partial charge in [-0.25, -0.2) is 4.98 Å².